The smallest absolute Gasteiger partial charge is 0.314 e. The van der Waals surface area contributed by atoms with Crippen molar-refractivity contribution in [3.05, 3.63) is 35.4 Å². The summed E-state index contributed by atoms with van der Waals surface area (Å²) in [4.78, 5) is 23.5. The molecule has 0 spiro atoms. The molecule has 1 unspecified atom stereocenters. The van der Waals surface area contributed by atoms with Crippen molar-refractivity contribution in [1.29, 1.82) is 0 Å². The zero-order chi connectivity index (χ0) is 21.8. The van der Waals surface area contributed by atoms with Crippen molar-refractivity contribution < 1.29 is 19.1 Å². The average Bonchev–Trinajstić information content (AvgIpc) is 3.02. The Morgan fingerprint density at radius 1 is 1.21 bits per heavy atom. The van der Waals surface area contributed by atoms with Gasteiger partial charge in [-0.1, -0.05) is 71.2 Å². The van der Waals surface area contributed by atoms with Crippen LogP contribution in [-0.2, 0) is 14.0 Å². The summed E-state index contributed by atoms with van der Waals surface area (Å²) in [5.41, 5.74) is 2.11. The van der Waals surface area contributed by atoms with Crippen molar-refractivity contribution in [2.24, 2.45) is 5.92 Å². The number of ketones is 1. The summed E-state index contributed by atoms with van der Waals surface area (Å²) < 4.78 is 6.77. The lowest BCUT2D eigenvalue weighted by Crippen LogP contribution is -2.41. The first-order valence-corrected chi connectivity index (χ1v) is 13.9. The second kappa shape index (κ2) is 9.56. The monoisotopic (exact) mass is 418 g/mol. The van der Waals surface area contributed by atoms with Crippen molar-refractivity contribution in [3.8, 4) is 0 Å². The van der Waals surface area contributed by atoms with E-state index in [4.69, 9.17) is 4.43 Å². The number of aliphatic carboxylic acids is 1. The van der Waals surface area contributed by atoms with Crippen LogP contribution in [0.1, 0.15) is 89.4 Å². The van der Waals surface area contributed by atoms with Crippen molar-refractivity contribution in [3.63, 3.8) is 0 Å². The van der Waals surface area contributed by atoms with E-state index < -0.39 is 20.2 Å². The van der Waals surface area contributed by atoms with Gasteiger partial charge in [-0.3, -0.25) is 9.59 Å². The van der Waals surface area contributed by atoms with Crippen molar-refractivity contribution >= 4 is 20.1 Å². The molecule has 1 aliphatic rings. The van der Waals surface area contributed by atoms with Gasteiger partial charge in [0.05, 0.1) is 6.10 Å². The molecule has 0 heterocycles. The van der Waals surface area contributed by atoms with Gasteiger partial charge in [0.2, 0.25) is 0 Å². The highest BCUT2D eigenvalue weighted by molar-refractivity contribution is 6.74. The largest absolute Gasteiger partial charge is 0.481 e. The van der Waals surface area contributed by atoms with E-state index >= 15 is 0 Å². The standard InChI is InChI=1S/C24H38O4Si/c1-7-8-9-10-21(28-29(5,6)24(2,3)4)18-13-11-17(12-14-18)19-15-16-20(25)22(19)23(26)27/h11-14,19,21-22H,7-10,15-16H2,1-6H3,(H,26,27)/t19-,21?,22-/m1/s1. The van der Waals surface area contributed by atoms with Crippen LogP contribution in [0, 0.1) is 5.92 Å². The van der Waals surface area contributed by atoms with Crippen LogP contribution in [0.4, 0.5) is 0 Å². The topological polar surface area (TPSA) is 63.6 Å². The molecule has 1 fully saturated rings. The quantitative estimate of drug-likeness (QED) is 0.283. The van der Waals surface area contributed by atoms with Gasteiger partial charge in [-0.25, -0.2) is 0 Å². The zero-order valence-corrected chi connectivity index (χ0v) is 20.0. The number of benzene rings is 1. The third kappa shape index (κ3) is 5.79. The maximum absolute atomic E-state index is 12.0. The van der Waals surface area contributed by atoms with Crippen LogP contribution in [0.5, 0.6) is 0 Å². The fourth-order valence-electron chi connectivity index (χ4n) is 3.88. The third-order valence-corrected chi connectivity index (χ3v) is 11.3. The number of carboxylic acid groups (broad SMARTS) is 1. The van der Waals surface area contributed by atoms with Gasteiger partial charge in [-0.05, 0) is 42.1 Å². The number of Topliss-reactive ketones (excluding diaryl/α,β-unsaturated/α-hetero) is 1. The molecule has 0 aliphatic heterocycles. The van der Waals surface area contributed by atoms with Crippen LogP contribution < -0.4 is 0 Å². The van der Waals surface area contributed by atoms with Gasteiger partial charge < -0.3 is 9.53 Å². The molecule has 0 aromatic heterocycles. The van der Waals surface area contributed by atoms with E-state index in [1.165, 1.54) is 12.8 Å². The Morgan fingerprint density at radius 3 is 2.34 bits per heavy atom. The Balaban J connectivity index is 2.23. The Hall–Kier alpha value is -1.46. The van der Waals surface area contributed by atoms with Crippen LogP contribution in [0.2, 0.25) is 18.1 Å². The second-order valence-electron chi connectivity index (χ2n) is 9.96. The molecule has 1 aromatic carbocycles. The fraction of sp³-hybridized carbons (Fsp3) is 0.667. The SMILES string of the molecule is CCCCCC(O[Si](C)(C)C(C)(C)C)c1ccc([C@H]2CCC(=O)[C@@H]2C(=O)O)cc1. The number of carboxylic acids is 1. The lowest BCUT2D eigenvalue weighted by molar-refractivity contribution is -0.145. The Labute approximate surface area is 177 Å². The highest BCUT2D eigenvalue weighted by Crippen LogP contribution is 2.42. The highest BCUT2D eigenvalue weighted by Gasteiger charge is 2.41. The number of hydrogen-bond donors (Lipinski definition) is 1. The van der Waals surface area contributed by atoms with Crippen LogP contribution in [0.25, 0.3) is 0 Å². The normalized spacial score (nSPS) is 21.4. The van der Waals surface area contributed by atoms with Crippen molar-refractivity contribution in [2.75, 3.05) is 0 Å². The summed E-state index contributed by atoms with van der Waals surface area (Å²) in [7, 11) is -1.91. The van der Waals surface area contributed by atoms with Crippen molar-refractivity contribution in [1.82, 2.24) is 0 Å². The van der Waals surface area contributed by atoms with Gasteiger partial charge in [0.15, 0.2) is 8.32 Å². The van der Waals surface area contributed by atoms with E-state index in [2.05, 4.69) is 52.9 Å². The molecule has 4 nitrogen and oxygen atoms in total. The number of rotatable bonds is 9. The van der Waals surface area contributed by atoms with E-state index in [0.717, 1.165) is 24.0 Å². The van der Waals surface area contributed by atoms with Crippen LogP contribution in [0.3, 0.4) is 0 Å². The Kier molecular flexibility index (Phi) is 7.85. The predicted molar refractivity (Wildman–Crippen MR) is 120 cm³/mol. The first kappa shape index (κ1) is 23.8. The van der Waals surface area contributed by atoms with Crippen LogP contribution in [0.15, 0.2) is 24.3 Å². The highest BCUT2D eigenvalue weighted by atomic mass is 28.4. The minimum atomic E-state index is -1.91. The number of carbonyl (C=O) groups is 2. The molecule has 0 radical (unpaired) electrons. The summed E-state index contributed by atoms with van der Waals surface area (Å²) in [6.45, 7) is 13.6. The van der Waals surface area contributed by atoms with E-state index in [1.807, 2.05) is 12.1 Å². The van der Waals surface area contributed by atoms with Crippen LogP contribution >= 0.6 is 0 Å². The molecule has 5 heteroatoms. The molecular weight excluding hydrogens is 380 g/mol. The third-order valence-electron chi connectivity index (χ3n) is 6.77. The van der Waals surface area contributed by atoms with E-state index in [-0.39, 0.29) is 22.8 Å². The summed E-state index contributed by atoms with van der Waals surface area (Å²) in [6, 6.07) is 8.19. The lowest BCUT2D eigenvalue weighted by atomic mass is 9.87. The van der Waals surface area contributed by atoms with Crippen molar-refractivity contribution in [2.45, 2.75) is 96.4 Å². The predicted octanol–water partition coefficient (Wildman–Crippen LogP) is 6.48. The van der Waals surface area contributed by atoms with Gasteiger partial charge in [0.1, 0.15) is 11.7 Å². The van der Waals surface area contributed by atoms with E-state index in [0.29, 0.717) is 12.8 Å². The molecule has 1 aliphatic carbocycles. The molecule has 162 valence electrons. The minimum absolute atomic E-state index is 0.0666. The maximum atomic E-state index is 12.0. The molecule has 1 saturated carbocycles. The van der Waals surface area contributed by atoms with Crippen LogP contribution in [-0.4, -0.2) is 25.2 Å². The Bertz CT molecular complexity index is 703. The summed E-state index contributed by atoms with van der Waals surface area (Å²) in [5, 5.41) is 9.59. The summed E-state index contributed by atoms with van der Waals surface area (Å²) in [5.74, 6) is -2.26. The second-order valence-corrected chi connectivity index (χ2v) is 14.7. The molecule has 1 aromatic rings. The molecule has 29 heavy (non-hydrogen) atoms. The average molecular weight is 419 g/mol. The number of unbranched alkanes of at least 4 members (excludes halogenated alkanes) is 2. The summed E-state index contributed by atoms with van der Waals surface area (Å²) in [6.07, 6.45) is 5.55. The number of carbonyl (C=O) groups excluding carboxylic acids is 1. The molecule has 2 rings (SSSR count). The van der Waals surface area contributed by atoms with Gasteiger partial charge in [-0.2, -0.15) is 0 Å². The maximum Gasteiger partial charge on any atom is 0.314 e. The fourth-order valence-corrected chi connectivity index (χ4v) is 5.20. The van der Waals surface area contributed by atoms with Gasteiger partial charge >= 0.3 is 5.97 Å². The molecule has 0 amide bonds. The van der Waals surface area contributed by atoms with Gasteiger partial charge in [-0.15, -0.1) is 0 Å². The number of hydrogen-bond acceptors (Lipinski definition) is 3. The lowest BCUT2D eigenvalue weighted by Gasteiger charge is -2.39. The molecule has 0 saturated heterocycles. The molecule has 3 atom stereocenters. The first-order chi connectivity index (χ1) is 13.5. The Morgan fingerprint density at radius 2 is 1.83 bits per heavy atom. The van der Waals surface area contributed by atoms with E-state index in [9.17, 15) is 14.7 Å². The summed E-state index contributed by atoms with van der Waals surface area (Å²) >= 11 is 0. The minimum Gasteiger partial charge on any atom is -0.481 e. The zero-order valence-electron chi connectivity index (χ0n) is 19.0. The molecule has 1 N–H and O–H groups in total. The van der Waals surface area contributed by atoms with E-state index in [1.54, 1.807) is 0 Å². The molecular formula is C24H38O4Si. The van der Waals surface area contributed by atoms with Gasteiger partial charge in [0.25, 0.3) is 0 Å². The van der Waals surface area contributed by atoms with Gasteiger partial charge in [0, 0.05) is 12.3 Å². The first-order valence-electron chi connectivity index (χ1n) is 11.0. The molecule has 0 bridgehead atoms.